The van der Waals surface area contributed by atoms with Crippen molar-refractivity contribution in [3.8, 4) is 5.75 Å². The minimum Gasteiger partial charge on any atom is -0.495 e. The third-order valence-corrected chi connectivity index (χ3v) is 6.41. The van der Waals surface area contributed by atoms with Gasteiger partial charge in [-0.15, -0.1) is 0 Å². The molecule has 0 aliphatic carbocycles. The lowest BCUT2D eigenvalue weighted by atomic mass is 9.89. The summed E-state index contributed by atoms with van der Waals surface area (Å²) >= 11 is 0. The number of methoxy groups -OCH3 is 1. The lowest BCUT2D eigenvalue weighted by molar-refractivity contribution is 0.410. The first-order chi connectivity index (χ1) is 15.3. The van der Waals surface area contributed by atoms with Crippen molar-refractivity contribution in [2.75, 3.05) is 7.11 Å². The molecule has 0 N–H and O–H groups in total. The van der Waals surface area contributed by atoms with E-state index in [0.717, 1.165) is 35.3 Å². The Labute approximate surface area is 191 Å². The topological polar surface area (TPSA) is 35.0 Å². The first-order valence-corrected chi connectivity index (χ1v) is 11.6. The average Bonchev–Trinajstić information content (AvgIpc) is 2.75. The predicted molar refractivity (Wildman–Crippen MR) is 135 cm³/mol. The van der Waals surface area contributed by atoms with Crippen molar-refractivity contribution in [2.24, 2.45) is 0 Å². The molecule has 0 bridgehead atoms. The quantitative estimate of drug-likeness (QED) is 0.321. The number of pyridine rings is 2. The van der Waals surface area contributed by atoms with Gasteiger partial charge in [-0.05, 0) is 90.6 Å². The summed E-state index contributed by atoms with van der Waals surface area (Å²) in [6.45, 7) is 13.2. The zero-order valence-corrected chi connectivity index (χ0v) is 20.4. The molecule has 0 atom stereocenters. The Kier molecular flexibility index (Phi) is 6.19. The van der Waals surface area contributed by atoms with Gasteiger partial charge < -0.3 is 4.74 Å². The zero-order chi connectivity index (χ0) is 23.0. The van der Waals surface area contributed by atoms with Gasteiger partial charge >= 0.3 is 0 Å². The maximum atomic E-state index is 5.57. The van der Waals surface area contributed by atoms with Gasteiger partial charge in [-0.2, -0.15) is 0 Å². The number of hydrogen-bond donors (Lipinski definition) is 0. The number of hydrogen-bond acceptors (Lipinski definition) is 3. The van der Waals surface area contributed by atoms with Gasteiger partial charge in [-0.1, -0.05) is 39.8 Å². The molecule has 0 unspecified atom stereocenters. The first kappa shape index (κ1) is 22.3. The number of rotatable bonds is 6. The summed E-state index contributed by atoms with van der Waals surface area (Å²) < 4.78 is 5.57. The van der Waals surface area contributed by atoms with Crippen LogP contribution < -0.4 is 4.74 Å². The highest BCUT2D eigenvalue weighted by Crippen LogP contribution is 2.33. The smallest absolute Gasteiger partial charge is 0.140 e. The van der Waals surface area contributed by atoms with Crippen LogP contribution in [0.3, 0.4) is 0 Å². The highest BCUT2D eigenvalue weighted by Gasteiger charge is 2.15. The van der Waals surface area contributed by atoms with E-state index in [1.165, 1.54) is 38.6 Å². The molecule has 0 spiro atoms. The van der Waals surface area contributed by atoms with E-state index in [-0.39, 0.29) is 0 Å². The lowest BCUT2D eigenvalue weighted by Crippen LogP contribution is -2.03. The van der Waals surface area contributed by atoms with Gasteiger partial charge in [-0.3, -0.25) is 4.98 Å². The van der Waals surface area contributed by atoms with E-state index >= 15 is 0 Å². The van der Waals surface area contributed by atoms with Gasteiger partial charge in [0.2, 0.25) is 0 Å². The summed E-state index contributed by atoms with van der Waals surface area (Å²) in [6, 6.07) is 13.4. The Morgan fingerprint density at radius 1 is 0.844 bits per heavy atom. The summed E-state index contributed by atoms with van der Waals surface area (Å²) in [5.41, 5.74) is 9.78. The molecule has 2 aromatic heterocycles. The van der Waals surface area contributed by atoms with Crippen molar-refractivity contribution in [3.05, 3.63) is 76.1 Å². The monoisotopic (exact) mass is 426 g/mol. The van der Waals surface area contributed by atoms with E-state index < -0.39 is 0 Å². The minimum atomic E-state index is 0.410. The second-order valence-corrected chi connectivity index (χ2v) is 9.55. The van der Waals surface area contributed by atoms with Crippen molar-refractivity contribution in [1.29, 1.82) is 0 Å². The normalized spacial score (nSPS) is 11.8. The SMILES string of the molecule is COc1cc2c(C(C)C)c(CCc3cnc4cc(C)cc(C(C)C)c4c3)ccc2nc1C. The van der Waals surface area contributed by atoms with Gasteiger partial charge in [0.25, 0.3) is 0 Å². The van der Waals surface area contributed by atoms with E-state index in [0.29, 0.717) is 11.8 Å². The molecule has 32 heavy (non-hydrogen) atoms. The highest BCUT2D eigenvalue weighted by molar-refractivity contribution is 5.86. The Morgan fingerprint density at radius 2 is 1.62 bits per heavy atom. The van der Waals surface area contributed by atoms with Crippen LogP contribution in [-0.2, 0) is 12.8 Å². The Morgan fingerprint density at radius 3 is 2.31 bits per heavy atom. The molecular weight excluding hydrogens is 392 g/mol. The maximum absolute atomic E-state index is 5.57. The van der Waals surface area contributed by atoms with E-state index in [4.69, 9.17) is 14.7 Å². The van der Waals surface area contributed by atoms with Crippen LogP contribution in [0.2, 0.25) is 0 Å². The molecule has 2 heterocycles. The Hall–Kier alpha value is -2.94. The summed E-state index contributed by atoms with van der Waals surface area (Å²) in [5.74, 6) is 1.74. The van der Waals surface area contributed by atoms with Gasteiger partial charge in [0.15, 0.2) is 0 Å². The van der Waals surface area contributed by atoms with Gasteiger partial charge in [-0.25, -0.2) is 4.98 Å². The van der Waals surface area contributed by atoms with Crippen LogP contribution in [0.1, 0.15) is 73.0 Å². The van der Waals surface area contributed by atoms with Crippen LogP contribution in [0.5, 0.6) is 5.75 Å². The molecule has 0 fully saturated rings. The molecule has 0 aliphatic heterocycles. The number of aromatic nitrogens is 2. The molecule has 4 aromatic rings. The molecule has 0 amide bonds. The Bertz CT molecular complexity index is 1290. The molecule has 0 radical (unpaired) electrons. The van der Waals surface area contributed by atoms with E-state index in [1.54, 1.807) is 7.11 Å². The standard InChI is InChI=1S/C29H34N2O/c1-17(2)23-12-19(5)13-27-24(23)14-21(16-30-27)8-9-22-10-11-26-25(29(22)18(3)4)15-28(32-7)20(6)31-26/h10-18H,8-9H2,1-7H3. The van der Waals surface area contributed by atoms with Crippen LogP contribution in [0.4, 0.5) is 0 Å². The van der Waals surface area contributed by atoms with Crippen molar-refractivity contribution < 1.29 is 4.74 Å². The number of aryl methyl sites for hydroxylation is 4. The van der Waals surface area contributed by atoms with Crippen LogP contribution in [0.15, 0.2) is 42.6 Å². The summed E-state index contributed by atoms with van der Waals surface area (Å²) in [6.07, 6.45) is 4.00. The third-order valence-electron chi connectivity index (χ3n) is 6.41. The van der Waals surface area contributed by atoms with E-state index in [9.17, 15) is 0 Å². The van der Waals surface area contributed by atoms with Crippen LogP contribution in [-0.4, -0.2) is 17.1 Å². The van der Waals surface area contributed by atoms with Crippen LogP contribution in [0.25, 0.3) is 21.8 Å². The molecule has 3 nitrogen and oxygen atoms in total. The molecule has 166 valence electrons. The summed E-state index contributed by atoms with van der Waals surface area (Å²) in [4.78, 5) is 9.59. The van der Waals surface area contributed by atoms with Crippen molar-refractivity contribution in [1.82, 2.24) is 9.97 Å². The van der Waals surface area contributed by atoms with E-state index in [1.807, 2.05) is 6.92 Å². The fourth-order valence-corrected chi connectivity index (χ4v) is 4.84. The number of fused-ring (bicyclic) bond motifs is 2. The fraction of sp³-hybridized carbons (Fsp3) is 0.379. The maximum Gasteiger partial charge on any atom is 0.140 e. The summed E-state index contributed by atoms with van der Waals surface area (Å²) in [5, 5.41) is 2.49. The van der Waals surface area contributed by atoms with Gasteiger partial charge in [0.05, 0.1) is 23.8 Å². The predicted octanol–water partition coefficient (Wildman–Crippen LogP) is 7.44. The number of nitrogens with zero attached hydrogens (tertiary/aromatic N) is 2. The lowest BCUT2D eigenvalue weighted by Gasteiger charge is -2.18. The minimum absolute atomic E-state index is 0.410. The van der Waals surface area contributed by atoms with Crippen LogP contribution in [0, 0.1) is 13.8 Å². The van der Waals surface area contributed by atoms with Crippen molar-refractivity contribution >= 4 is 21.8 Å². The fourth-order valence-electron chi connectivity index (χ4n) is 4.84. The van der Waals surface area contributed by atoms with E-state index in [2.05, 4.69) is 77.2 Å². The molecule has 2 aromatic carbocycles. The number of benzene rings is 2. The summed E-state index contributed by atoms with van der Waals surface area (Å²) in [7, 11) is 1.72. The van der Waals surface area contributed by atoms with Gasteiger partial charge in [0, 0.05) is 17.0 Å². The molecule has 3 heteroatoms. The molecule has 0 saturated carbocycles. The first-order valence-electron chi connectivity index (χ1n) is 11.6. The average molecular weight is 427 g/mol. The molecular formula is C29H34N2O. The Balaban J connectivity index is 1.72. The second-order valence-electron chi connectivity index (χ2n) is 9.55. The molecule has 4 rings (SSSR count). The van der Waals surface area contributed by atoms with Crippen molar-refractivity contribution in [3.63, 3.8) is 0 Å². The highest BCUT2D eigenvalue weighted by atomic mass is 16.5. The third kappa shape index (κ3) is 4.21. The van der Waals surface area contributed by atoms with Crippen LogP contribution >= 0.6 is 0 Å². The molecule has 0 aliphatic rings. The van der Waals surface area contributed by atoms with Crippen molar-refractivity contribution in [2.45, 2.75) is 66.2 Å². The largest absolute Gasteiger partial charge is 0.495 e. The number of ether oxygens (including phenoxy) is 1. The zero-order valence-electron chi connectivity index (χ0n) is 20.4. The molecule has 0 saturated heterocycles. The van der Waals surface area contributed by atoms with Gasteiger partial charge in [0.1, 0.15) is 5.75 Å². The second kappa shape index (κ2) is 8.90.